The Morgan fingerprint density at radius 1 is 1.17 bits per heavy atom. The van der Waals surface area contributed by atoms with Gasteiger partial charge < -0.3 is 20.7 Å². The van der Waals surface area contributed by atoms with Crippen molar-refractivity contribution in [3.63, 3.8) is 0 Å². The molecule has 3 N–H and O–H groups in total. The third kappa shape index (κ3) is 4.62. The number of amides is 1. The van der Waals surface area contributed by atoms with Gasteiger partial charge >= 0.3 is 6.09 Å². The number of ether oxygens (including phenoxy) is 1. The largest absolute Gasteiger partial charge is 0.410 e. The first-order valence-corrected chi connectivity index (χ1v) is 7.88. The van der Waals surface area contributed by atoms with Crippen molar-refractivity contribution in [1.82, 2.24) is 0 Å². The van der Waals surface area contributed by atoms with Gasteiger partial charge in [-0.05, 0) is 44.2 Å². The maximum atomic E-state index is 14.0. The highest BCUT2D eigenvalue weighted by molar-refractivity contribution is 5.68. The number of hydrogen-bond donors (Lipinski definition) is 2. The number of nitrogens with zero attached hydrogens (tertiary/aromatic N) is 1. The van der Waals surface area contributed by atoms with Crippen LogP contribution in [0.5, 0.6) is 5.75 Å². The molecule has 0 spiro atoms. The Hall–Kier alpha value is -2.76. The van der Waals surface area contributed by atoms with E-state index in [1.54, 1.807) is 6.07 Å². The number of benzene rings is 2. The summed E-state index contributed by atoms with van der Waals surface area (Å²) in [5, 5.41) is 3.17. The van der Waals surface area contributed by atoms with E-state index in [1.165, 1.54) is 6.07 Å². The van der Waals surface area contributed by atoms with Gasteiger partial charge in [0, 0.05) is 42.6 Å². The number of carbonyl (C=O) groups excluding carboxylic acids is 1. The van der Waals surface area contributed by atoms with Crippen LogP contribution in [-0.4, -0.2) is 19.2 Å². The SMILES string of the molecule is CCN(CC)c1ccc(NCc2ccc(OC(N)=O)cc2F)cc1. The molecule has 2 aromatic carbocycles. The standard InChI is InChI=1S/C18H22FN3O2/c1-3-22(4-2)15-8-6-14(7-9-15)21-12-13-5-10-16(11-17(13)19)24-18(20)23/h5-11,21H,3-4,12H2,1-2H3,(H2,20,23). The van der Waals surface area contributed by atoms with E-state index < -0.39 is 11.9 Å². The zero-order chi connectivity index (χ0) is 17.5. The molecule has 0 unspecified atom stereocenters. The van der Waals surface area contributed by atoms with E-state index in [1.807, 2.05) is 24.3 Å². The summed E-state index contributed by atoms with van der Waals surface area (Å²) in [4.78, 5) is 12.9. The zero-order valence-corrected chi connectivity index (χ0v) is 13.9. The predicted molar refractivity (Wildman–Crippen MR) is 93.9 cm³/mol. The van der Waals surface area contributed by atoms with Gasteiger partial charge in [0.25, 0.3) is 0 Å². The lowest BCUT2D eigenvalue weighted by molar-refractivity contribution is 0.210. The number of rotatable bonds is 7. The summed E-state index contributed by atoms with van der Waals surface area (Å²) < 4.78 is 18.6. The van der Waals surface area contributed by atoms with Gasteiger partial charge in [-0.1, -0.05) is 6.07 Å². The van der Waals surface area contributed by atoms with Crippen LogP contribution in [0.4, 0.5) is 20.6 Å². The number of nitrogens with one attached hydrogen (secondary N) is 1. The number of halogens is 1. The zero-order valence-electron chi connectivity index (χ0n) is 13.9. The Bertz CT molecular complexity index is 685. The van der Waals surface area contributed by atoms with Crippen molar-refractivity contribution in [3.8, 4) is 5.75 Å². The third-order valence-electron chi connectivity index (χ3n) is 3.72. The van der Waals surface area contributed by atoms with Gasteiger partial charge in [-0.15, -0.1) is 0 Å². The number of nitrogens with two attached hydrogens (primary N) is 1. The van der Waals surface area contributed by atoms with Crippen molar-refractivity contribution in [3.05, 3.63) is 53.8 Å². The van der Waals surface area contributed by atoms with E-state index in [0.29, 0.717) is 12.1 Å². The van der Waals surface area contributed by atoms with Crippen molar-refractivity contribution in [1.29, 1.82) is 0 Å². The summed E-state index contributed by atoms with van der Waals surface area (Å²) in [7, 11) is 0. The van der Waals surface area contributed by atoms with E-state index in [9.17, 15) is 9.18 Å². The Morgan fingerprint density at radius 3 is 2.38 bits per heavy atom. The molecule has 128 valence electrons. The molecule has 0 saturated carbocycles. The minimum Gasteiger partial charge on any atom is -0.410 e. The summed E-state index contributed by atoms with van der Waals surface area (Å²) in [6, 6.07) is 12.2. The van der Waals surface area contributed by atoms with Crippen LogP contribution in [0.2, 0.25) is 0 Å². The quantitative estimate of drug-likeness (QED) is 0.811. The minimum atomic E-state index is -0.964. The summed E-state index contributed by atoms with van der Waals surface area (Å²) >= 11 is 0. The molecule has 24 heavy (non-hydrogen) atoms. The first-order chi connectivity index (χ1) is 11.5. The number of anilines is 2. The van der Waals surface area contributed by atoms with Crippen LogP contribution >= 0.6 is 0 Å². The van der Waals surface area contributed by atoms with Crippen LogP contribution in [0, 0.1) is 5.82 Å². The van der Waals surface area contributed by atoms with Crippen molar-refractivity contribution >= 4 is 17.5 Å². The van der Waals surface area contributed by atoms with E-state index in [-0.39, 0.29) is 5.75 Å². The molecule has 0 saturated heterocycles. The van der Waals surface area contributed by atoms with Gasteiger partial charge in [0.15, 0.2) is 0 Å². The van der Waals surface area contributed by atoms with E-state index in [2.05, 4.69) is 28.8 Å². The first-order valence-electron chi connectivity index (χ1n) is 7.88. The Morgan fingerprint density at radius 2 is 1.83 bits per heavy atom. The fraction of sp³-hybridized carbons (Fsp3) is 0.278. The van der Waals surface area contributed by atoms with Crippen molar-refractivity contribution in [2.75, 3.05) is 23.3 Å². The summed E-state index contributed by atoms with van der Waals surface area (Å²) in [5.41, 5.74) is 7.44. The Balaban J connectivity index is 1.99. The highest BCUT2D eigenvalue weighted by atomic mass is 19.1. The van der Waals surface area contributed by atoms with Gasteiger partial charge in [0.1, 0.15) is 11.6 Å². The molecule has 0 atom stereocenters. The van der Waals surface area contributed by atoms with Crippen LogP contribution < -0.4 is 20.7 Å². The average Bonchev–Trinajstić information content (AvgIpc) is 2.56. The molecule has 0 aliphatic rings. The monoisotopic (exact) mass is 331 g/mol. The predicted octanol–water partition coefficient (Wildman–Crippen LogP) is 3.74. The van der Waals surface area contributed by atoms with Crippen LogP contribution in [0.15, 0.2) is 42.5 Å². The molecule has 1 amide bonds. The Kier molecular flexibility index (Phi) is 6.01. The molecule has 0 aliphatic heterocycles. The van der Waals surface area contributed by atoms with Crippen LogP contribution in [0.1, 0.15) is 19.4 Å². The van der Waals surface area contributed by atoms with Gasteiger partial charge in [0.2, 0.25) is 0 Å². The molecule has 2 aromatic rings. The van der Waals surface area contributed by atoms with Gasteiger partial charge in [-0.2, -0.15) is 0 Å². The lowest BCUT2D eigenvalue weighted by Crippen LogP contribution is -2.21. The number of carbonyl (C=O) groups is 1. The van der Waals surface area contributed by atoms with E-state index in [0.717, 1.165) is 30.5 Å². The number of hydrogen-bond acceptors (Lipinski definition) is 4. The molecule has 5 nitrogen and oxygen atoms in total. The molecule has 0 fully saturated rings. The molecule has 2 rings (SSSR count). The first kappa shape index (κ1) is 17.6. The molecule has 0 aliphatic carbocycles. The molecular weight excluding hydrogens is 309 g/mol. The fourth-order valence-electron chi connectivity index (χ4n) is 2.43. The maximum absolute atomic E-state index is 14.0. The second-order valence-corrected chi connectivity index (χ2v) is 5.25. The summed E-state index contributed by atoms with van der Waals surface area (Å²) in [5.74, 6) is -0.367. The second kappa shape index (κ2) is 8.19. The average molecular weight is 331 g/mol. The lowest BCUT2D eigenvalue weighted by atomic mass is 10.2. The second-order valence-electron chi connectivity index (χ2n) is 5.25. The molecular formula is C18H22FN3O2. The fourth-order valence-corrected chi connectivity index (χ4v) is 2.43. The van der Waals surface area contributed by atoms with Crippen LogP contribution in [0.3, 0.4) is 0 Å². The van der Waals surface area contributed by atoms with E-state index >= 15 is 0 Å². The molecule has 6 heteroatoms. The summed E-state index contributed by atoms with van der Waals surface area (Å²) in [6.07, 6.45) is -0.964. The van der Waals surface area contributed by atoms with Crippen molar-refractivity contribution in [2.45, 2.75) is 20.4 Å². The van der Waals surface area contributed by atoms with Gasteiger partial charge in [-0.25, -0.2) is 9.18 Å². The van der Waals surface area contributed by atoms with Gasteiger partial charge in [-0.3, -0.25) is 0 Å². The highest BCUT2D eigenvalue weighted by Gasteiger charge is 2.07. The topological polar surface area (TPSA) is 67.6 Å². The highest BCUT2D eigenvalue weighted by Crippen LogP contribution is 2.20. The summed E-state index contributed by atoms with van der Waals surface area (Å²) in [6.45, 7) is 6.46. The molecule has 0 aromatic heterocycles. The van der Waals surface area contributed by atoms with Gasteiger partial charge in [0.05, 0.1) is 0 Å². The van der Waals surface area contributed by atoms with Crippen LogP contribution in [0.25, 0.3) is 0 Å². The van der Waals surface area contributed by atoms with E-state index in [4.69, 9.17) is 5.73 Å². The lowest BCUT2D eigenvalue weighted by Gasteiger charge is -2.21. The molecule has 0 bridgehead atoms. The maximum Gasteiger partial charge on any atom is 0.409 e. The minimum absolute atomic E-state index is 0.0901. The normalized spacial score (nSPS) is 10.3. The third-order valence-corrected chi connectivity index (χ3v) is 3.72. The van der Waals surface area contributed by atoms with Crippen LogP contribution in [-0.2, 0) is 6.54 Å². The molecule has 0 heterocycles. The smallest absolute Gasteiger partial charge is 0.409 e. The Labute approximate surface area is 141 Å². The number of primary amides is 1. The van der Waals surface area contributed by atoms with Crippen molar-refractivity contribution in [2.24, 2.45) is 5.73 Å². The van der Waals surface area contributed by atoms with Crippen molar-refractivity contribution < 1.29 is 13.9 Å². The molecule has 0 radical (unpaired) electrons.